The summed E-state index contributed by atoms with van der Waals surface area (Å²) in [5, 5.41) is 9.01. The molecule has 0 aliphatic carbocycles. The number of carbonyl (C=O) groups is 2. The molecule has 3 aromatic carbocycles. The van der Waals surface area contributed by atoms with Crippen LogP contribution in [0, 0.1) is 5.92 Å². The first-order valence-electron chi connectivity index (χ1n) is 10.3. The van der Waals surface area contributed by atoms with Crippen molar-refractivity contribution < 1.29 is 14.3 Å². The maximum absolute atomic E-state index is 12.6. The van der Waals surface area contributed by atoms with Crippen molar-refractivity contribution in [1.82, 2.24) is 5.32 Å². The Labute approximate surface area is 203 Å². The van der Waals surface area contributed by atoms with Crippen LogP contribution >= 0.6 is 23.8 Å². The zero-order valence-corrected chi connectivity index (χ0v) is 19.8. The van der Waals surface area contributed by atoms with Crippen LogP contribution in [0.1, 0.15) is 34.6 Å². The molecule has 0 saturated heterocycles. The van der Waals surface area contributed by atoms with Crippen LogP contribution in [0.15, 0.2) is 72.8 Å². The predicted octanol–water partition coefficient (Wildman–Crippen LogP) is 5.75. The molecule has 170 valence electrons. The van der Waals surface area contributed by atoms with Gasteiger partial charge >= 0.3 is 0 Å². The van der Waals surface area contributed by atoms with Crippen LogP contribution in [0.25, 0.3) is 0 Å². The Bertz CT molecular complexity index is 1170. The van der Waals surface area contributed by atoms with E-state index in [1.807, 2.05) is 0 Å². The maximum atomic E-state index is 12.6. The molecular weight excluding hydrogens is 458 g/mol. The molecule has 3 N–H and O–H groups in total. The van der Waals surface area contributed by atoms with Crippen LogP contribution in [0.4, 0.5) is 11.4 Å². The van der Waals surface area contributed by atoms with E-state index in [2.05, 4.69) is 29.8 Å². The van der Waals surface area contributed by atoms with Gasteiger partial charge in [-0.2, -0.15) is 0 Å². The van der Waals surface area contributed by atoms with Gasteiger partial charge in [-0.25, -0.2) is 0 Å². The number of amides is 2. The number of ether oxygens (including phenoxy) is 1. The van der Waals surface area contributed by atoms with E-state index in [1.54, 1.807) is 72.8 Å². The standard InChI is InChI=1S/C25H24ClN3O3S/c1-16(2)15-32-22-11-4-7-18(13-22)24(31)29-25(33)28-20-9-3-6-17(12-20)23(30)27-21-10-5-8-19(26)14-21/h3-14,16H,15H2,1-2H3,(H,27,30)(H2,28,29,31,33). The van der Waals surface area contributed by atoms with Crippen molar-refractivity contribution in [3.8, 4) is 5.75 Å². The lowest BCUT2D eigenvalue weighted by Crippen LogP contribution is -2.34. The number of thiocarbonyl (C=S) groups is 1. The van der Waals surface area contributed by atoms with Crippen molar-refractivity contribution >= 4 is 52.1 Å². The second kappa shape index (κ2) is 11.4. The number of carbonyl (C=O) groups excluding carboxylic acids is 2. The van der Waals surface area contributed by atoms with Gasteiger partial charge in [0.15, 0.2) is 5.11 Å². The first kappa shape index (κ1) is 24.2. The van der Waals surface area contributed by atoms with Crippen molar-refractivity contribution in [3.05, 3.63) is 88.9 Å². The molecule has 0 unspecified atom stereocenters. The summed E-state index contributed by atoms with van der Waals surface area (Å²) in [5.74, 6) is 0.336. The van der Waals surface area contributed by atoms with Gasteiger partial charge < -0.3 is 15.4 Å². The number of hydrogen-bond donors (Lipinski definition) is 3. The number of benzene rings is 3. The van der Waals surface area contributed by atoms with Crippen molar-refractivity contribution in [2.75, 3.05) is 17.2 Å². The highest BCUT2D eigenvalue weighted by Gasteiger charge is 2.11. The van der Waals surface area contributed by atoms with Gasteiger partial charge in [0, 0.05) is 27.5 Å². The molecular formula is C25H24ClN3O3S. The van der Waals surface area contributed by atoms with E-state index < -0.39 is 0 Å². The lowest BCUT2D eigenvalue weighted by Gasteiger charge is -2.12. The van der Waals surface area contributed by atoms with E-state index in [0.717, 1.165) is 0 Å². The lowest BCUT2D eigenvalue weighted by molar-refractivity contribution is 0.0975. The Morgan fingerprint density at radius 1 is 0.879 bits per heavy atom. The Kier molecular flexibility index (Phi) is 8.40. The summed E-state index contributed by atoms with van der Waals surface area (Å²) in [4.78, 5) is 25.1. The molecule has 0 aromatic heterocycles. The molecule has 0 fully saturated rings. The van der Waals surface area contributed by atoms with E-state index in [9.17, 15) is 9.59 Å². The van der Waals surface area contributed by atoms with Crippen LogP contribution in [-0.2, 0) is 0 Å². The highest BCUT2D eigenvalue weighted by Crippen LogP contribution is 2.18. The molecule has 0 atom stereocenters. The molecule has 3 rings (SSSR count). The van der Waals surface area contributed by atoms with Crippen LogP contribution in [0.5, 0.6) is 5.75 Å². The monoisotopic (exact) mass is 481 g/mol. The molecule has 0 spiro atoms. The summed E-state index contributed by atoms with van der Waals surface area (Å²) < 4.78 is 5.67. The van der Waals surface area contributed by atoms with Gasteiger partial charge in [-0.3, -0.25) is 14.9 Å². The highest BCUT2D eigenvalue weighted by atomic mass is 35.5. The molecule has 3 aromatic rings. The number of nitrogens with one attached hydrogen (secondary N) is 3. The van der Waals surface area contributed by atoms with E-state index in [-0.39, 0.29) is 16.9 Å². The van der Waals surface area contributed by atoms with Crippen LogP contribution in [0.2, 0.25) is 5.02 Å². The Hall–Kier alpha value is -3.42. The van der Waals surface area contributed by atoms with Crippen molar-refractivity contribution in [2.24, 2.45) is 5.92 Å². The minimum atomic E-state index is -0.364. The number of rotatable bonds is 7. The average molecular weight is 482 g/mol. The zero-order valence-electron chi connectivity index (χ0n) is 18.2. The Balaban J connectivity index is 1.60. The lowest BCUT2D eigenvalue weighted by atomic mass is 10.2. The normalized spacial score (nSPS) is 10.4. The molecule has 8 heteroatoms. The van der Waals surface area contributed by atoms with Gasteiger partial charge in [-0.05, 0) is 72.7 Å². The number of halogens is 1. The Morgan fingerprint density at radius 2 is 1.52 bits per heavy atom. The van der Waals surface area contributed by atoms with E-state index in [4.69, 9.17) is 28.6 Å². The summed E-state index contributed by atoms with van der Waals surface area (Å²) in [6, 6.07) is 20.6. The third-order valence-corrected chi connectivity index (χ3v) is 4.81. The number of anilines is 2. The summed E-state index contributed by atoms with van der Waals surface area (Å²) in [5.41, 5.74) is 2.00. The minimum absolute atomic E-state index is 0.112. The molecule has 0 aliphatic heterocycles. The molecule has 6 nitrogen and oxygen atoms in total. The van der Waals surface area contributed by atoms with Gasteiger partial charge in [-0.1, -0.05) is 43.6 Å². The average Bonchev–Trinajstić information content (AvgIpc) is 2.78. The van der Waals surface area contributed by atoms with Gasteiger partial charge in [0.1, 0.15) is 5.75 Å². The van der Waals surface area contributed by atoms with Crippen LogP contribution in [0.3, 0.4) is 0 Å². The van der Waals surface area contributed by atoms with Crippen molar-refractivity contribution in [2.45, 2.75) is 13.8 Å². The topological polar surface area (TPSA) is 79.5 Å². The molecule has 0 radical (unpaired) electrons. The number of hydrogen-bond acceptors (Lipinski definition) is 4. The summed E-state index contributed by atoms with van der Waals surface area (Å²) in [6.45, 7) is 4.67. The molecule has 0 aliphatic rings. The summed E-state index contributed by atoms with van der Waals surface area (Å²) >= 11 is 11.2. The first-order valence-corrected chi connectivity index (χ1v) is 11.1. The zero-order chi connectivity index (χ0) is 23.8. The predicted molar refractivity (Wildman–Crippen MR) is 136 cm³/mol. The van der Waals surface area contributed by atoms with Crippen LogP contribution in [-0.4, -0.2) is 23.5 Å². The van der Waals surface area contributed by atoms with Crippen molar-refractivity contribution in [1.29, 1.82) is 0 Å². The van der Waals surface area contributed by atoms with Gasteiger partial charge in [0.05, 0.1) is 6.61 Å². The first-order chi connectivity index (χ1) is 15.8. The fourth-order valence-corrected chi connectivity index (χ4v) is 3.24. The fourth-order valence-electron chi connectivity index (χ4n) is 2.84. The molecule has 0 heterocycles. The highest BCUT2D eigenvalue weighted by molar-refractivity contribution is 7.80. The second-order valence-electron chi connectivity index (χ2n) is 7.69. The quantitative estimate of drug-likeness (QED) is 0.374. The van der Waals surface area contributed by atoms with E-state index >= 15 is 0 Å². The fraction of sp³-hybridized carbons (Fsp3) is 0.160. The van der Waals surface area contributed by atoms with Gasteiger partial charge in [-0.15, -0.1) is 0 Å². The maximum Gasteiger partial charge on any atom is 0.257 e. The van der Waals surface area contributed by atoms with Gasteiger partial charge in [0.2, 0.25) is 0 Å². The summed E-state index contributed by atoms with van der Waals surface area (Å²) in [7, 11) is 0. The molecule has 0 saturated carbocycles. The molecule has 33 heavy (non-hydrogen) atoms. The molecule has 0 bridgehead atoms. The second-order valence-corrected chi connectivity index (χ2v) is 8.53. The third kappa shape index (κ3) is 7.59. The third-order valence-electron chi connectivity index (χ3n) is 4.37. The largest absolute Gasteiger partial charge is 0.493 e. The van der Waals surface area contributed by atoms with E-state index in [0.29, 0.717) is 45.8 Å². The SMILES string of the molecule is CC(C)COc1cccc(C(=O)NC(=S)Nc2cccc(C(=O)Nc3cccc(Cl)c3)c2)c1. The van der Waals surface area contributed by atoms with E-state index in [1.165, 1.54) is 0 Å². The van der Waals surface area contributed by atoms with Crippen molar-refractivity contribution in [3.63, 3.8) is 0 Å². The molecule has 2 amide bonds. The minimum Gasteiger partial charge on any atom is -0.493 e. The smallest absolute Gasteiger partial charge is 0.257 e. The Morgan fingerprint density at radius 3 is 2.21 bits per heavy atom. The summed E-state index contributed by atoms with van der Waals surface area (Å²) in [6.07, 6.45) is 0. The van der Waals surface area contributed by atoms with Crippen LogP contribution < -0.4 is 20.7 Å². The van der Waals surface area contributed by atoms with Gasteiger partial charge in [0.25, 0.3) is 11.8 Å².